The van der Waals surface area contributed by atoms with Crippen molar-refractivity contribution in [3.63, 3.8) is 0 Å². The monoisotopic (exact) mass is 407 g/mol. The molecule has 0 aliphatic carbocycles. The average Bonchev–Trinajstić information content (AvgIpc) is 3.24. The van der Waals surface area contributed by atoms with Gasteiger partial charge in [0.2, 0.25) is 17.6 Å². The molecule has 1 aliphatic rings. The molecule has 0 saturated carbocycles. The van der Waals surface area contributed by atoms with E-state index in [1.54, 1.807) is 20.2 Å². The normalized spacial score (nSPS) is 14.1. The number of benzene rings is 1. The van der Waals surface area contributed by atoms with E-state index in [0.717, 1.165) is 42.2 Å². The lowest BCUT2D eigenvalue weighted by molar-refractivity contribution is -0.131. The van der Waals surface area contributed by atoms with Crippen molar-refractivity contribution < 1.29 is 14.1 Å². The molecule has 1 aliphatic heterocycles. The minimum absolute atomic E-state index is 0.196. The number of aryl methyl sites for hydroxylation is 2. The van der Waals surface area contributed by atoms with E-state index >= 15 is 0 Å². The first-order chi connectivity index (χ1) is 14.6. The van der Waals surface area contributed by atoms with E-state index in [9.17, 15) is 4.79 Å². The Kier molecular flexibility index (Phi) is 5.92. The van der Waals surface area contributed by atoms with Gasteiger partial charge in [-0.2, -0.15) is 4.98 Å². The van der Waals surface area contributed by atoms with Crippen LogP contribution in [-0.4, -0.2) is 59.2 Å². The third-order valence-corrected chi connectivity index (χ3v) is 5.28. The number of hydrogen-bond donors (Lipinski definition) is 0. The standard InChI is InChI=1S/C22H25N5O3/c1-16-24-22(25-30-16)18-6-9-20(23-15-18)26-11-13-27(14-12-26)21(28)10-5-17-3-7-19(29-2)8-4-17/h3-4,6-9,15H,5,10-14H2,1-2H3. The van der Waals surface area contributed by atoms with Crippen LogP contribution in [0.4, 0.5) is 5.82 Å². The van der Waals surface area contributed by atoms with Crippen molar-refractivity contribution in [1.29, 1.82) is 0 Å². The fraction of sp³-hybridized carbons (Fsp3) is 0.364. The maximum atomic E-state index is 12.6. The van der Waals surface area contributed by atoms with Gasteiger partial charge in [-0.3, -0.25) is 4.79 Å². The first-order valence-electron chi connectivity index (χ1n) is 10.0. The number of carbonyl (C=O) groups excluding carboxylic acids is 1. The Morgan fingerprint density at radius 3 is 2.47 bits per heavy atom. The molecular formula is C22H25N5O3. The summed E-state index contributed by atoms with van der Waals surface area (Å²) in [6.45, 7) is 4.70. The van der Waals surface area contributed by atoms with E-state index in [2.05, 4.69) is 20.0 Å². The number of carbonyl (C=O) groups is 1. The summed E-state index contributed by atoms with van der Waals surface area (Å²) in [6.07, 6.45) is 3.01. The van der Waals surface area contributed by atoms with Crippen molar-refractivity contribution in [2.24, 2.45) is 0 Å². The maximum absolute atomic E-state index is 12.6. The molecule has 2 aromatic heterocycles. The fourth-order valence-electron chi connectivity index (χ4n) is 3.51. The number of ether oxygens (including phenoxy) is 1. The van der Waals surface area contributed by atoms with Gasteiger partial charge in [0.25, 0.3) is 0 Å². The topological polar surface area (TPSA) is 84.6 Å². The van der Waals surface area contributed by atoms with Crippen LogP contribution in [0.15, 0.2) is 47.1 Å². The lowest BCUT2D eigenvalue weighted by Crippen LogP contribution is -2.49. The van der Waals surface area contributed by atoms with E-state index in [1.807, 2.05) is 41.3 Å². The molecule has 0 spiro atoms. The van der Waals surface area contributed by atoms with Crippen LogP contribution in [0.25, 0.3) is 11.4 Å². The number of anilines is 1. The van der Waals surface area contributed by atoms with Crippen molar-refractivity contribution in [3.8, 4) is 17.1 Å². The highest BCUT2D eigenvalue weighted by Gasteiger charge is 2.22. The largest absolute Gasteiger partial charge is 0.497 e. The van der Waals surface area contributed by atoms with Crippen molar-refractivity contribution in [1.82, 2.24) is 20.0 Å². The molecule has 0 bridgehead atoms. The van der Waals surface area contributed by atoms with Crippen LogP contribution < -0.4 is 9.64 Å². The second-order valence-corrected chi connectivity index (χ2v) is 7.26. The number of aromatic nitrogens is 3. The highest BCUT2D eigenvalue weighted by molar-refractivity contribution is 5.76. The number of methoxy groups -OCH3 is 1. The van der Waals surface area contributed by atoms with Gasteiger partial charge >= 0.3 is 0 Å². The van der Waals surface area contributed by atoms with Crippen LogP contribution in [0.2, 0.25) is 0 Å². The van der Waals surface area contributed by atoms with Crippen LogP contribution in [-0.2, 0) is 11.2 Å². The Bertz CT molecular complexity index is 977. The minimum atomic E-state index is 0.196. The molecule has 8 nitrogen and oxygen atoms in total. The molecule has 156 valence electrons. The molecule has 30 heavy (non-hydrogen) atoms. The van der Waals surface area contributed by atoms with E-state index in [0.29, 0.717) is 31.2 Å². The third kappa shape index (κ3) is 4.59. The Balaban J connectivity index is 1.27. The molecule has 1 aromatic carbocycles. The number of piperazine rings is 1. The van der Waals surface area contributed by atoms with Crippen LogP contribution in [0.3, 0.4) is 0 Å². The summed E-state index contributed by atoms with van der Waals surface area (Å²) in [5.74, 6) is 2.99. The smallest absolute Gasteiger partial charge is 0.223 e. The molecule has 0 N–H and O–H groups in total. The predicted molar refractivity (Wildman–Crippen MR) is 112 cm³/mol. The van der Waals surface area contributed by atoms with Gasteiger partial charge in [0.05, 0.1) is 7.11 Å². The van der Waals surface area contributed by atoms with Gasteiger partial charge in [-0.1, -0.05) is 17.3 Å². The zero-order valence-electron chi connectivity index (χ0n) is 17.2. The first-order valence-corrected chi connectivity index (χ1v) is 10.0. The lowest BCUT2D eigenvalue weighted by Gasteiger charge is -2.35. The molecule has 1 fully saturated rings. The summed E-state index contributed by atoms with van der Waals surface area (Å²) in [7, 11) is 1.65. The van der Waals surface area contributed by atoms with Crippen molar-refractivity contribution in [2.75, 3.05) is 38.2 Å². The van der Waals surface area contributed by atoms with E-state index in [1.165, 1.54) is 0 Å². The average molecular weight is 407 g/mol. The summed E-state index contributed by atoms with van der Waals surface area (Å²) in [5, 5.41) is 3.92. The highest BCUT2D eigenvalue weighted by Crippen LogP contribution is 2.20. The van der Waals surface area contributed by atoms with Crippen LogP contribution >= 0.6 is 0 Å². The number of amides is 1. The SMILES string of the molecule is COc1ccc(CCC(=O)N2CCN(c3ccc(-c4noc(C)n4)cn3)CC2)cc1. The van der Waals surface area contributed by atoms with E-state index in [-0.39, 0.29) is 5.91 Å². The zero-order valence-corrected chi connectivity index (χ0v) is 17.2. The Labute approximate surface area is 175 Å². The second kappa shape index (κ2) is 8.94. The quantitative estimate of drug-likeness (QED) is 0.621. The maximum Gasteiger partial charge on any atom is 0.223 e. The molecule has 3 aromatic rings. The summed E-state index contributed by atoms with van der Waals surface area (Å²) < 4.78 is 10.2. The van der Waals surface area contributed by atoms with Gasteiger partial charge < -0.3 is 19.1 Å². The van der Waals surface area contributed by atoms with Crippen LogP contribution in [0, 0.1) is 6.92 Å². The van der Waals surface area contributed by atoms with Crippen molar-refractivity contribution >= 4 is 11.7 Å². The number of hydrogen-bond acceptors (Lipinski definition) is 7. The van der Waals surface area contributed by atoms with Gasteiger partial charge in [0.1, 0.15) is 11.6 Å². The molecule has 0 radical (unpaired) electrons. The molecule has 4 rings (SSSR count). The molecule has 1 saturated heterocycles. The van der Waals surface area contributed by atoms with Gasteiger partial charge in [-0.05, 0) is 36.2 Å². The Morgan fingerprint density at radius 1 is 1.10 bits per heavy atom. The second-order valence-electron chi connectivity index (χ2n) is 7.26. The lowest BCUT2D eigenvalue weighted by atomic mass is 10.1. The molecule has 0 unspecified atom stereocenters. The summed E-state index contributed by atoms with van der Waals surface area (Å²) in [5.41, 5.74) is 1.96. The Morgan fingerprint density at radius 2 is 1.87 bits per heavy atom. The molecule has 0 atom stereocenters. The van der Waals surface area contributed by atoms with Gasteiger partial charge in [0.15, 0.2) is 0 Å². The highest BCUT2D eigenvalue weighted by atomic mass is 16.5. The fourth-order valence-corrected chi connectivity index (χ4v) is 3.51. The number of pyridine rings is 1. The number of rotatable bonds is 6. The van der Waals surface area contributed by atoms with Crippen LogP contribution in [0.5, 0.6) is 5.75 Å². The van der Waals surface area contributed by atoms with E-state index < -0.39 is 0 Å². The first kappa shape index (κ1) is 19.9. The minimum Gasteiger partial charge on any atom is -0.497 e. The van der Waals surface area contributed by atoms with Gasteiger partial charge in [-0.25, -0.2) is 4.98 Å². The summed E-state index contributed by atoms with van der Waals surface area (Å²) >= 11 is 0. The molecular weight excluding hydrogens is 382 g/mol. The van der Waals surface area contributed by atoms with Crippen LogP contribution in [0.1, 0.15) is 17.9 Å². The zero-order chi connectivity index (χ0) is 20.9. The molecule has 1 amide bonds. The summed E-state index contributed by atoms with van der Waals surface area (Å²) in [4.78, 5) is 25.5. The summed E-state index contributed by atoms with van der Waals surface area (Å²) in [6, 6.07) is 11.8. The van der Waals surface area contributed by atoms with Crippen molar-refractivity contribution in [2.45, 2.75) is 19.8 Å². The molecule has 8 heteroatoms. The van der Waals surface area contributed by atoms with Gasteiger partial charge in [0, 0.05) is 51.3 Å². The molecule has 3 heterocycles. The Hall–Kier alpha value is -3.42. The number of nitrogens with zero attached hydrogens (tertiary/aromatic N) is 5. The predicted octanol–water partition coefficient (Wildman–Crippen LogP) is 2.73. The third-order valence-electron chi connectivity index (χ3n) is 5.28. The van der Waals surface area contributed by atoms with Crippen molar-refractivity contribution in [3.05, 3.63) is 54.0 Å². The van der Waals surface area contributed by atoms with Gasteiger partial charge in [-0.15, -0.1) is 0 Å². The van der Waals surface area contributed by atoms with E-state index in [4.69, 9.17) is 9.26 Å².